The van der Waals surface area contributed by atoms with Gasteiger partial charge >= 0.3 is 0 Å². The Labute approximate surface area is 146 Å². The van der Waals surface area contributed by atoms with E-state index < -0.39 is 5.91 Å². The van der Waals surface area contributed by atoms with E-state index in [1.807, 2.05) is 24.3 Å². The summed E-state index contributed by atoms with van der Waals surface area (Å²) in [6, 6.07) is 11.6. The predicted molar refractivity (Wildman–Crippen MR) is 96.3 cm³/mol. The molecule has 0 spiro atoms. The molecule has 0 fully saturated rings. The van der Waals surface area contributed by atoms with Gasteiger partial charge < -0.3 is 10.2 Å². The number of amides is 1. The molecule has 3 aromatic rings. The number of hydrazone groups is 1. The van der Waals surface area contributed by atoms with E-state index in [0.717, 1.165) is 10.1 Å². The predicted octanol–water partition coefficient (Wildman–Crippen LogP) is 4.12. The first-order valence-electron chi connectivity index (χ1n) is 7.01. The molecule has 0 aliphatic rings. The molecule has 0 aliphatic heterocycles. The zero-order chi connectivity index (χ0) is 17.3. The molecule has 24 heavy (non-hydrogen) atoms. The fourth-order valence-corrected chi connectivity index (χ4v) is 3.64. The van der Waals surface area contributed by atoms with E-state index in [1.54, 1.807) is 6.92 Å². The number of nitrogens with one attached hydrogen (secondary N) is 1. The molecule has 0 unspecified atom stereocenters. The standard InChI is InChI=1S/C17H13ClN2O3S/c1-9(11-7-6-10(21)8-13(11)22)19-20-17(23)16-15(18)12-4-2-3-5-14(12)24-16/h2-8,21-22H,1H3,(H,20,23). The largest absolute Gasteiger partial charge is 0.508 e. The van der Waals surface area contributed by atoms with E-state index in [4.69, 9.17) is 11.6 Å². The molecule has 0 aliphatic carbocycles. The third kappa shape index (κ3) is 3.06. The van der Waals surface area contributed by atoms with Gasteiger partial charge in [-0.3, -0.25) is 4.79 Å². The monoisotopic (exact) mass is 360 g/mol. The number of halogens is 1. The van der Waals surface area contributed by atoms with E-state index in [2.05, 4.69) is 10.5 Å². The van der Waals surface area contributed by atoms with Gasteiger partial charge in [0, 0.05) is 21.7 Å². The lowest BCUT2D eigenvalue weighted by Gasteiger charge is -2.05. The summed E-state index contributed by atoms with van der Waals surface area (Å²) in [5, 5.41) is 24.3. The maximum atomic E-state index is 12.3. The van der Waals surface area contributed by atoms with Crippen molar-refractivity contribution in [2.24, 2.45) is 5.10 Å². The third-order valence-corrected chi connectivity index (χ3v) is 5.11. The molecule has 2 aromatic carbocycles. The van der Waals surface area contributed by atoms with Gasteiger partial charge in [0.25, 0.3) is 5.91 Å². The number of carbonyl (C=O) groups excluding carboxylic acids is 1. The lowest BCUT2D eigenvalue weighted by atomic mass is 10.1. The number of phenols is 2. The molecule has 0 saturated carbocycles. The van der Waals surface area contributed by atoms with Gasteiger partial charge in [0.2, 0.25) is 0 Å². The van der Waals surface area contributed by atoms with Crippen LogP contribution in [0.4, 0.5) is 0 Å². The smallest absolute Gasteiger partial charge is 0.283 e. The van der Waals surface area contributed by atoms with Crippen LogP contribution in [0.1, 0.15) is 22.2 Å². The summed E-state index contributed by atoms with van der Waals surface area (Å²) in [4.78, 5) is 12.7. The van der Waals surface area contributed by atoms with E-state index >= 15 is 0 Å². The number of hydrogen-bond donors (Lipinski definition) is 3. The molecule has 0 saturated heterocycles. The Morgan fingerprint density at radius 1 is 1.21 bits per heavy atom. The molecule has 3 N–H and O–H groups in total. The van der Waals surface area contributed by atoms with Crippen molar-refractivity contribution >= 4 is 44.6 Å². The molecule has 1 heterocycles. The molecule has 0 radical (unpaired) electrons. The minimum Gasteiger partial charge on any atom is -0.508 e. The normalized spacial score (nSPS) is 11.7. The summed E-state index contributed by atoms with van der Waals surface area (Å²) in [6.45, 7) is 1.64. The Kier molecular flexibility index (Phi) is 4.42. The van der Waals surface area contributed by atoms with Crippen molar-refractivity contribution in [2.45, 2.75) is 6.92 Å². The summed E-state index contributed by atoms with van der Waals surface area (Å²) >= 11 is 7.55. The number of phenolic OH excluding ortho intramolecular Hbond substituents is 2. The van der Waals surface area contributed by atoms with Crippen molar-refractivity contribution in [1.82, 2.24) is 5.43 Å². The first kappa shape index (κ1) is 16.3. The van der Waals surface area contributed by atoms with E-state index in [9.17, 15) is 15.0 Å². The van der Waals surface area contributed by atoms with Crippen LogP contribution in [0.5, 0.6) is 11.5 Å². The van der Waals surface area contributed by atoms with Crippen LogP contribution in [0.3, 0.4) is 0 Å². The van der Waals surface area contributed by atoms with Gasteiger partial charge in [-0.1, -0.05) is 29.8 Å². The van der Waals surface area contributed by atoms with Crippen molar-refractivity contribution in [3.63, 3.8) is 0 Å². The zero-order valence-electron chi connectivity index (χ0n) is 12.6. The van der Waals surface area contributed by atoms with Crippen LogP contribution in [-0.2, 0) is 0 Å². The Hall–Kier alpha value is -2.57. The fraction of sp³-hybridized carbons (Fsp3) is 0.0588. The van der Waals surface area contributed by atoms with E-state index in [0.29, 0.717) is 21.2 Å². The lowest BCUT2D eigenvalue weighted by molar-refractivity contribution is 0.0959. The summed E-state index contributed by atoms with van der Waals surface area (Å²) in [7, 11) is 0. The number of nitrogens with zero attached hydrogens (tertiary/aromatic N) is 1. The highest BCUT2D eigenvalue weighted by Gasteiger charge is 2.16. The number of carbonyl (C=O) groups is 1. The summed E-state index contributed by atoms with van der Waals surface area (Å²) in [5.74, 6) is -0.589. The van der Waals surface area contributed by atoms with Gasteiger partial charge in [0.15, 0.2) is 0 Å². The van der Waals surface area contributed by atoms with Crippen LogP contribution in [-0.4, -0.2) is 21.8 Å². The molecule has 1 aromatic heterocycles. The van der Waals surface area contributed by atoms with Gasteiger partial charge in [0.05, 0.1) is 10.7 Å². The minimum absolute atomic E-state index is 0.0508. The Morgan fingerprint density at radius 3 is 2.67 bits per heavy atom. The quantitative estimate of drug-likeness (QED) is 0.485. The summed E-state index contributed by atoms with van der Waals surface area (Å²) in [5.41, 5.74) is 3.26. The minimum atomic E-state index is -0.418. The SMILES string of the molecule is CC(=NNC(=O)c1sc2ccccc2c1Cl)c1ccc(O)cc1O. The molecule has 1 amide bonds. The fourth-order valence-electron chi connectivity index (χ4n) is 2.23. The molecule has 0 atom stereocenters. The van der Waals surface area contributed by atoms with Gasteiger partial charge in [-0.2, -0.15) is 5.10 Å². The molecule has 122 valence electrons. The first-order chi connectivity index (χ1) is 11.5. The lowest BCUT2D eigenvalue weighted by Crippen LogP contribution is -2.18. The Morgan fingerprint density at radius 2 is 1.96 bits per heavy atom. The number of hydrogen-bond acceptors (Lipinski definition) is 5. The maximum Gasteiger partial charge on any atom is 0.283 e. The van der Waals surface area contributed by atoms with Crippen LogP contribution >= 0.6 is 22.9 Å². The molecule has 0 bridgehead atoms. The molecule has 3 rings (SSSR count). The highest BCUT2D eigenvalue weighted by molar-refractivity contribution is 7.21. The number of benzene rings is 2. The number of aromatic hydroxyl groups is 2. The van der Waals surface area contributed by atoms with Crippen molar-refractivity contribution in [1.29, 1.82) is 0 Å². The maximum absolute atomic E-state index is 12.3. The molecule has 5 nitrogen and oxygen atoms in total. The van der Waals surface area contributed by atoms with Gasteiger partial charge in [-0.15, -0.1) is 11.3 Å². The van der Waals surface area contributed by atoms with Crippen molar-refractivity contribution in [2.75, 3.05) is 0 Å². The van der Waals surface area contributed by atoms with Crippen LogP contribution < -0.4 is 5.43 Å². The van der Waals surface area contributed by atoms with Gasteiger partial charge in [-0.25, -0.2) is 5.43 Å². The van der Waals surface area contributed by atoms with Crippen LogP contribution in [0, 0.1) is 0 Å². The highest BCUT2D eigenvalue weighted by atomic mass is 35.5. The molecule has 7 heteroatoms. The average molecular weight is 361 g/mol. The van der Waals surface area contributed by atoms with E-state index in [1.165, 1.54) is 29.5 Å². The zero-order valence-corrected chi connectivity index (χ0v) is 14.1. The van der Waals surface area contributed by atoms with Gasteiger partial charge in [0.1, 0.15) is 16.4 Å². The number of rotatable bonds is 3. The van der Waals surface area contributed by atoms with Crippen LogP contribution in [0.2, 0.25) is 5.02 Å². The van der Waals surface area contributed by atoms with Gasteiger partial charge in [-0.05, 0) is 25.1 Å². The van der Waals surface area contributed by atoms with Crippen molar-refractivity contribution in [3.05, 3.63) is 57.9 Å². The second-order valence-corrected chi connectivity index (χ2v) is 6.51. The second-order valence-electron chi connectivity index (χ2n) is 5.08. The first-order valence-corrected chi connectivity index (χ1v) is 8.21. The number of fused-ring (bicyclic) bond motifs is 1. The topological polar surface area (TPSA) is 81.9 Å². The second kappa shape index (κ2) is 6.51. The van der Waals surface area contributed by atoms with Crippen molar-refractivity contribution in [3.8, 4) is 11.5 Å². The summed E-state index contributed by atoms with van der Waals surface area (Å²) < 4.78 is 0.921. The third-order valence-electron chi connectivity index (χ3n) is 3.44. The Balaban J connectivity index is 1.84. The average Bonchev–Trinajstić information content (AvgIpc) is 2.90. The Bertz CT molecular complexity index is 966. The highest BCUT2D eigenvalue weighted by Crippen LogP contribution is 2.35. The molecular weight excluding hydrogens is 348 g/mol. The van der Waals surface area contributed by atoms with E-state index in [-0.39, 0.29) is 11.5 Å². The summed E-state index contributed by atoms with van der Waals surface area (Å²) in [6.07, 6.45) is 0. The van der Waals surface area contributed by atoms with Crippen LogP contribution in [0.15, 0.2) is 47.6 Å². The van der Waals surface area contributed by atoms with Crippen LogP contribution in [0.25, 0.3) is 10.1 Å². The number of thiophene rings is 1. The molecular formula is C17H13ClN2O3S. The van der Waals surface area contributed by atoms with Crippen molar-refractivity contribution < 1.29 is 15.0 Å².